The van der Waals surface area contributed by atoms with Gasteiger partial charge in [-0.3, -0.25) is 0 Å². The molecule has 2 unspecified atom stereocenters. The molecule has 1 aromatic carbocycles. The van der Waals surface area contributed by atoms with Crippen LogP contribution in [0.1, 0.15) is 37.5 Å². The fraction of sp³-hybridized carbons (Fsp3) is 0.429. The first-order valence-corrected chi connectivity index (χ1v) is 6.60. The predicted molar refractivity (Wildman–Crippen MR) is 68.9 cm³/mol. The Labute approximate surface area is 110 Å². The standard InChI is InChI=1S/C14H16FN3O/c15-11-7-3-1-5-9(11)13-17-14(19-18-13)10-6-2-4-8-12(10)16/h1,3,5,7,10,12H,2,4,6,8,16H2. The van der Waals surface area contributed by atoms with Gasteiger partial charge in [0.15, 0.2) is 0 Å². The first-order valence-electron chi connectivity index (χ1n) is 6.60. The number of benzene rings is 1. The van der Waals surface area contributed by atoms with Crippen molar-refractivity contribution in [1.29, 1.82) is 0 Å². The summed E-state index contributed by atoms with van der Waals surface area (Å²) in [7, 11) is 0. The van der Waals surface area contributed by atoms with Crippen molar-refractivity contribution in [2.24, 2.45) is 5.73 Å². The maximum Gasteiger partial charge on any atom is 0.231 e. The normalized spacial score (nSPS) is 23.5. The van der Waals surface area contributed by atoms with Crippen LogP contribution in [0.4, 0.5) is 4.39 Å². The van der Waals surface area contributed by atoms with Crippen molar-refractivity contribution < 1.29 is 8.91 Å². The molecule has 1 heterocycles. The maximum absolute atomic E-state index is 13.7. The minimum absolute atomic E-state index is 0.0580. The second-order valence-electron chi connectivity index (χ2n) is 4.99. The molecule has 4 nitrogen and oxygen atoms in total. The van der Waals surface area contributed by atoms with E-state index in [9.17, 15) is 4.39 Å². The first-order chi connectivity index (χ1) is 9.25. The molecule has 0 spiro atoms. The van der Waals surface area contributed by atoms with Crippen LogP contribution in [0, 0.1) is 5.82 Å². The van der Waals surface area contributed by atoms with E-state index in [1.165, 1.54) is 6.07 Å². The highest BCUT2D eigenvalue weighted by Gasteiger charge is 2.28. The van der Waals surface area contributed by atoms with E-state index in [1.807, 2.05) is 0 Å². The molecular formula is C14H16FN3O. The second-order valence-corrected chi connectivity index (χ2v) is 4.99. The predicted octanol–water partition coefficient (Wildman–Crippen LogP) is 2.86. The summed E-state index contributed by atoms with van der Waals surface area (Å²) in [6, 6.07) is 6.47. The Bertz CT molecular complexity index is 569. The number of aromatic nitrogens is 2. The molecule has 1 aliphatic carbocycles. The van der Waals surface area contributed by atoms with Gasteiger partial charge in [0.1, 0.15) is 5.82 Å². The van der Waals surface area contributed by atoms with Crippen LogP contribution < -0.4 is 5.73 Å². The van der Waals surface area contributed by atoms with Crippen LogP contribution in [0.2, 0.25) is 0 Å². The highest BCUT2D eigenvalue weighted by molar-refractivity contribution is 5.54. The number of hydrogen-bond donors (Lipinski definition) is 1. The van der Waals surface area contributed by atoms with Gasteiger partial charge in [-0.25, -0.2) is 4.39 Å². The van der Waals surface area contributed by atoms with Crippen LogP contribution in [0.3, 0.4) is 0 Å². The van der Waals surface area contributed by atoms with Gasteiger partial charge in [0.25, 0.3) is 0 Å². The van der Waals surface area contributed by atoms with E-state index < -0.39 is 0 Å². The zero-order chi connectivity index (χ0) is 13.2. The van der Waals surface area contributed by atoms with Crippen LogP contribution >= 0.6 is 0 Å². The topological polar surface area (TPSA) is 64.9 Å². The average molecular weight is 261 g/mol. The van der Waals surface area contributed by atoms with E-state index in [-0.39, 0.29) is 17.8 Å². The minimum atomic E-state index is -0.345. The van der Waals surface area contributed by atoms with Crippen molar-refractivity contribution in [3.05, 3.63) is 36.0 Å². The third-order valence-electron chi connectivity index (χ3n) is 3.69. The summed E-state index contributed by atoms with van der Waals surface area (Å²) in [6.07, 6.45) is 4.20. The first kappa shape index (κ1) is 12.3. The lowest BCUT2D eigenvalue weighted by atomic mass is 9.85. The van der Waals surface area contributed by atoms with E-state index in [2.05, 4.69) is 10.1 Å². The lowest BCUT2D eigenvalue weighted by Gasteiger charge is -2.25. The van der Waals surface area contributed by atoms with Crippen LogP contribution in [-0.4, -0.2) is 16.2 Å². The molecule has 2 atom stereocenters. The van der Waals surface area contributed by atoms with Gasteiger partial charge in [-0.2, -0.15) is 4.98 Å². The van der Waals surface area contributed by atoms with Crippen molar-refractivity contribution in [2.45, 2.75) is 37.6 Å². The average Bonchev–Trinajstić information content (AvgIpc) is 2.89. The van der Waals surface area contributed by atoms with E-state index in [0.717, 1.165) is 25.7 Å². The molecule has 2 N–H and O–H groups in total. The molecule has 2 aromatic rings. The van der Waals surface area contributed by atoms with Gasteiger partial charge in [-0.15, -0.1) is 0 Å². The molecule has 19 heavy (non-hydrogen) atoms. The number of rotatable bonds is 2. The monoisotopic (exact) mass is 261 g/mol. The summed E-state index contributed by atoms with van der Waals surface area (Å²) in [6.45, 7) is 0. The molecule has 5 heteroatoms. The van der Waals surface area contributed by atoms with E-state index in [4.69, 9.17) is 10.3 Å². The summed E-state index contributed by atoms with van der Waals surface area (Å²) in [5, 5.41) is 3.88. The SMILES string of the molecule is NC1CCCCC1c1nc(-c2ccccc2F)no1. The van der Waals surface area contributed by atoms with E-state index in [0.29, 0.717) is 17.3 Å². The Hall–Kier alpha value is -1.75. The Morgan fingerprint density at radius 3 is 2.79 bits per heavy atom. The van der Waals surface area contributed by atoms with Gasteiger partial charge in [-0.1, -0.05) is 30.1 Å². The summed E-state index contributed by atoms with van der Waals surface area (Å²) in [5.41, 5.74) is 6.45. The van der Waals surface area contributed by atoms with Crippen LogP contribution in [0.15, 0.2) is 28.8 Å². The second kappa shape index (κ2) is 5.09. The third-order valence-corrected chi connectivity index (χ3v) is 3.69. The molecule has 1 fully saturated rings. The van der Waals surface area contributed by atoms with Crippen molar-refractivity contribution in [2.75, 3.05) is 0 Å². The molecule has 0 bridgehead atoms. The summed E-state index contributed by atoms with van der Waals surface area (Å²) in [4.78, 5) is 4.32. The molecule has 0 amide bonds. The van der Waals surface area contributed by atoms with Crippen molar-refractivity contribution in [1.82, 2.24) is 10.1 Å². The molecule has 3 rings (SSSR count). The van der Waals surface area contributed by atoms with Gasteiger partial charge in [0, 0.05) is 6.04 Å². The lowest BCUT2D eigenvalue weighted by molar-refractivity contribution is 0.290. The third kappa shape index (κ3) is 2.38. The number of halogens is 1. The van der Waals surface area contributed by atoms with E-state index >= 15 is 0 Å². The number of hydrogen-bond acceptors (Lipinski definition) is 4. The zero-order valence-corrected chi connectivity index (χ0v) is 10.6. The smallest absolute Gasteiger partial charge is 0.231 e. The van der Waals surface area contributed by atoms with Crippen molar-refractivity contribution in [3.8, 4) is 11.4 Å². The van der Waals surface area contributed by atoms with E-state index in [1.54, 1.807) is 18.2 Å². The quantitative estimate of drug-likeness (QED) is 0.902. The number of nitrogens with two attached hydrogens (primary N) is 1. The Morgan fingerprint density at radius 2 is 2.00 bits per heavy atom. The summed E-state index contributed by atoms with van der Waals surface area (Å²) >= 11 is 0. The molecule has 1 aliphatic rings. The fourth-order valence-corrected chi connectivity index (χ4v) is 2.60. The van der Waals surface area contributed by atoms with Gasteiger partial charge < -0.3 is 10.3 Å². The molecule has 0 radical (unpaired) electrons. The molecular weight excluding hydrogens is 245 g/mol. The Balaban J connectivity index is 1.89. The van der Waals surface area contributed by atoms with Crippen LogP contribution in [0.25, 0.3) is 11.4 Å². The van der Waals surface area contributed by atoms with Gasteiger partial charge in [0.05, 0.1) is 11.5 Å². The summed E-state index contributed by atoms with van der Waals surface area (Å²) in [5.74, 6) is 0.584. The van der Waals surface area contributed by atoms with Crippen molar-refractivity contribution >= 4 is 0 Å². The molecule has 1 saturated carbocycles. The largest absolute Gasteiger partial charge is 0.339 e. The number of nitrogens with zero attached hydrogens (tertiary/aromatic N) is 2. The van der Waals surface area contributed by atoms with Crippen LogP contribution in [-0.2, 0) is 0 Å². The van der Waals surface area contributed by atoms with Gasteiger partial charge in [-0.05, 0) is 25.0 Å². The van der Waals surface area contributed by atoms with Crippen LogP contribution in [0.5, 0.6) is 0 Å². The highest BCUT2D eigenvalue weighted by atomic mass is 19.1. The Morgan fingerprint density at radius 1 is 1.21 bits per heavy atom. The van der Waals surface area contributed by atoms with Crippen molar-refractivity contribution in [3.63, 3.8) is 0 Å². The molecule has 1 aromatic heterocycles. The molecule has 0 aliphatic heterocycles. The minimum Gasteiger partial charge on any atom is -0.339 e. The lowest BCUT2D eigenvalue weighted by Crippen LogP contribution is -2.31. The maximum atomic E-state index is 13.7. The fourth-order valence-electron chi connectivity index (χ4n) is 2.60. The Kier molecular flexibility index (Phi) is 3.29. The summed E-state index contributed by atoms with van der Waals surface area (Å²) < 4.78 is 18.9. The van der Waals surface area contributed by atoms with Gasteiger partial charge >= 0.3 is 0 Å². The van der Waals surface area contributed by atoms with Gasteiger partial charge in [0.2, 0.25) is 11.7 Å². The highest BCUT2D eigenvalue weighted by Crippen LogP contribution is 2.32. The zero-order valence-electron chi connectivity index (χ0n) is 10.6. The molecule has 0 saturated heterocycles. The molecule has 100 valence electrons.